The molecule has 0 aromatic heterocycles. The molecular weight excluding hydrogens is 92.1 g/mol. The normalized spacial score (nSPS) is 9.33. The maximum atomic E-state index is 10.1. The quantitative estimate of drug-likeness (QED) is 0.433. The molecule has 0 rings (SSSR count). The Labute approximate surface area is 41.2 Å². The van der Waals surface area contributed by atoms with E-state index in [1.807, 2.05) is 13.8 Å². The lowest BCUT2D eigenvalue weighted by Gasteiger charge is -1.90. The first kappa shape index (κ1) is 5.89. The molecule has 0 fully saturated rings. The Kier molecular flexibility index (Phi) is 2.09. The van der Waals surface area contributed by atoms with E-state index in [1.165, 1.54) is 0 Å². The zero-order valence-corrected chi connectivity index (χ0v) is 4.99. The second-order valence-corrected chi connectivity index (χ2v) is 2.01. The zero-order chi connectivity index (χ0) is 5.15. The van der Waals surface area contributed by atoms with Gasteiger partial charge < -0.3 is 4.79 Å². The van der Waals surface area contributed by atoms with Crippen molar-refractivity contribution in [1.82, 2.24) is 0 Å². The van der Waals surface area contributed by atoms with Crippen LogP contribution < -0.4 is 0 Å². The fraction of sp³-hybridized carbons (Fsp3) is 0.750. The summed E-state index contributed by atoms with van der Waals surface area (Å²) in [6.07, 6.45) is 0. The molecule has 2 heteroatoms. The van der Waals surface area contributed by atoms with Crippen molar-refractivity contribution in [2.45, 2.75) is 13.8 Å². The predicted octanol–water partition coefficient (Wildman–Crippen LogP) is 0.337. The van der Waals surface area contributed by atoms with Crippen molar-refractivity contribution in [3.63, 3.8) is 0 Å². The molecule has 0 saturated carbocycles. The molecule has 0 spiro atoms. The van der Waals surface area contributed by atoms with Crippen LogP contribution in [-0.4, -0.2) is 15.6 Å². The molecule has 0 atom stereocenters. The second-order valence-electron chi connectivity index (χ2n) is 1.52. The average molecular weight is 99.2 g/mol. The van der Waals surface area contributed by atoms with Crippen molar-refractivity contribution in [2.75, 3.05) is 0 Å². The smallest absolute Gasteiger partial charge is 0.126 e. The van der Waals surface area contributed by atoms with Crippen LogP contribution in [0.5, 0.6) is 0 Å². The molecule has 0 aromatic carbocycles. The lowest BCUT2D eigenvalue weighted by Crippen LogP contribution is -2.04. The lowest BCUT2D eigenvalue weighted by atomic mass is 10.3. The topological polar surface area (TPSA) is 17.1 Å². The van der Waals surface area contributed by atoms with E-state index in [4.69, 9.17) is 0 Å². The zero-order valence-electron chi connectivity index (χ0n) is 3.99. The first-order valence-corrected chi connectivity index (χ1v) is 2.40. The maximum absolute atomic E-state index is 10.1. The number of carbonyl (C=O) groups is 1. The predicted molar refractivity (Wildman–Crippen MR) is 25.6 cm³/mol. The minimum absolute atomic E-state index is 0.0648. The van der Waals surface area contributed by atoms with Gasteiger partial charge in [0.05, 0.1) is 0 Å². The third kappa shape index (κ3) is 2.14. The molecule has 0 aliphatic carbocycles. The maximum Gasteiger partial charge on any atom is 0.126 e. The van der Waals surface area contributed by atoms with Crippen molar-refractivity contribution in [1.29, 1.82) is 0 Å². The fourth-order valence-corrected chi connectivity index (χ4v) is 0. The van der Waals surface area contributed by atoms with Crippen LogP contribution in [0.2, 0.25) is 0 Å². The molecule has 0 aliphatic rings. The van der Waals surface area contributed by atoms with Crippen LogP contribution in [0.4, 0.5) is 0 Å². The van der Waals surface area contributed by atoms with E-state index >= 15 is 0 Å². The van der Waals surface area contributed by atoms with Crippen LogP contribution in [-0.2, 0) is 4.79 Å². The van der Waals surface area contributed by atoms with Gasteiger partial charge in [0.15, 0.2) is 0 Å². The molecule has 3 radical (unpaired) electrons. The highest BCUT2D eigenvalue weighted by atomic mass is 28.1. The summed E-state index contributed by atoms with van der Waals surface area (Å²) in [7, 11) is 2.84. The van der Waals surface area contributed by atoms with Gasteiger partial charge in [-0.3, -0.25) is 0 Å². The highest BCUT2D eigenvalue weighted by Gasteiger charge is 1.95. The van der Waals surface area contributed by atoms with Crippen molar-refractivity contribution in [3.8, 4) is 0 Å². The van der Waals surface area contributed by atoms with Crippen molar-refractivity contribution in [3.05, 3.63) is 0 Å². The summed E-state index contributed by atoms with van der Waals surface area (Å²) >= 11 is 0. The Morgan fingerprint density at radius 1 is 1.67 bits per heavy atom. The van der Waals surface area contributed by atoms with Crippen LogP contribution in [0.15, 0.2) is 0 Å². The van der Waals surface area contributed by atoms with E-state index in [0.29, 0.717) is 0 Å². The van der Waals surface area contributed by atoms with E-state index in [9.17, 15) is 4.79 Å². The third-order valence-corrected chi connectivity index (χ3v) is 1.10. The summed E-state index contributed by atoms with van der Waals surface area (Å²) in [6.45, 7) is 3.69. The van der Waals surface area contributed by atoms with Gasteiger partial charge in [0, 0.05) is 5.92 Å². The molecule has 6 heavy (non-hydrogen) atoms. The molecule has 33 valence electrons. The Hall–Kier alpha value is -0.113. The monoisotopic (exact) mass is 99.0 g/mol. The first-order valence-electron chi connectivity index (χ1n) is 1.90. The van der Waals surface area contributed by atoms with Gasteiger partial charge >= 0.3 is 0 Å². The molecule has 0 heterocycles. The van der Waals surface area contributed by atoms with Crippen molar-refractivity contribution in [2.24, 2.45) is 5.92 Å². The molecular formula is C4H7OSi. The summed E-state index contributed by atoms with van der Waals surface area (Å²) in [6, 6.07) is 0. The van der Waals surface area contributed by atoms with Gasteiger partial charge in [0.2, 0.25) is 0 Å². The number of hydrogen-bond acceptors (Lipinski definition) is 1. The lowest BCUT2D eigenvalue weighted by molar-refractivity contribution is -0.114. The van der Waals surface area contributed by atoms with E-state index in [2.05, 4.69) is 10.2 Å². The molecule has 0 amide bonds. The Morgan fingerprint density at radius 3 is 1.83 bits per heavy atom. The minimum atomic E-state index is 0.0648. The largest absolute Gasteiger partial charge is 0.306 e. The summed E-state index contributed by atoms with van der Waals surface area (Å²) in [4.78, 5) is 10.1. The minimum Gasteiger partial charge on any atom is -0.306 e. The first-order chi connectivity index (χ1) is 2.64. The van der Waals surface area contributed by atoms with Gasteiger partial charge in [-0.2, -0.15) is 0 Å². The molecule has 0 unspecified atom stereocenters. The average Bonchev–Trinajstić information content (AvgIpc) is 1.36. The standard InChI is InChI=1S/C4H7OSi/c1-3(2)4(5)6/h3H,1-2H3. The second kappa shape index (κ2) is 2.13. The van der Waals surface area contributed by atoms with Crippen LogP contribution in [0, 0.1) is 5.92 Å². The molecule has 0 bridgehead atoms. The third-order valence-electron chi connectivity index (χ3n) is 0.524. The SMILES string of the molecule is CC(C)C(=O)[Si]. The Morgan fingerprint density at radius 2 is 1.83 bits per heavy atom. The van der Waals surface area contributed by atoms with Gasteiger partial charge in [-0.1, -0.05) is 13.8 Å². The Bertz CT molecular complexity index is 58.6. The molecule has 0 aliphatic heterocycles. The van der Waals surface area contributed by atoms with E-state index < -0.39 is 0 Å². The van der Waals surface area contributed by atoms with Crippen molar-refractivity contribution >= 4 is 15.6 Å². The van der Waals surface area contributed by atoms with Gasteiger partial charge in [0.25, 0.3) is 0 Å². The van der Waals surface area contributed by atoms with Gasteiger partial charge in [-0.05, 0) is 0 Å². The molecule has 0 aromatic rings. The number of carbonyl (C=O) groups excluding carboxylic acids is 1. The Balaban J connectivity index is 3.26. The summed E-state index contributed by atoms with van der Waals surface area (Å²) in [5.74, 6) is 0.127. The fourth-order valence-electron chi connectivity index (χ4n) is 0. The molecule has 0 saturated heterocycles. The number of rotatable bonds is 1. The van der Waals surface area contributed by atoms with E-state index in [1.54, 1.807) is 0 Å². The molecule has 0 N–H and O–H groups in total. The van der Waals surface area contributed by atoms with Crippen LogP contribution in [0.25, 0.3) is 0 Å². The van der Waals surface area contributed by atoms with Crippen LogP contribution in [0.1, 0.15) is 13.8 Å². The summed E-state index contributed by atoms with van der Waals surface area (Å²) in [5.41, 5.74) is 0. The van der Waals surface area contributed by atoms with E-state index in [-0.39, 0.29) is 11.3 Å². The van der Waals surface area contributed by atoms with Gasteiger partial charge in [-0.15, -0.1) is 0 Å². The number of hydrogen-bond donors (Lipinski definition) is 0. The van der Waals surface area contributed by atoms with Gasteiger partial charge in [-0.25, -0.2) is 0 Å². The highest BCUT2D eigenvalue weighted by Crippen LogP contribution is 1.86. The molecule has 1 nitrogen and oxygen atoms in total. The van der Waals surface area contributed by atoms with Gasteiger partial charge in [0.1, 0.15) is 15.6 Å². The summed E-state index contributed by atoms with van der Waals surface area (Å²) < 4.78 is 0. The van der Waals surface area contributed by atoms with Crippen molar-refractivity contribution < 1.29 is 4.79 Å². The summed E-state index contributed by atoms with van der Waals surface area (Å²) in [5, 5.41) is 0.0648. The van der Waals surface area contributed by atoms with Crippen LogP contribution >= 0.6 is 0 Å². The van der Waals surface area contributed by atoms with E-state index in [0.717, 1.165) is 0 Å². The van der Waals surface area contributed by atoms with Crippen LogP contribution in [0.3, 0.4) is 0 Å². The highest BCUT2D eigenvalue weighted by molar-refractivity contribution is 6.58.